The molecule has 0 saturated carbocycles. The van der Waals surface area contributed by atoms with Crippen LogP contribution in [0, 0.1) is 11.3 Å². The average Bonchev–Trinajstić information content (AvgIpc) is 3.31. The van der Waals surface area contributed by atoms with Gasteiger partial charge in [0.1, 0.15) is 24.0 Å². The Morgan fingerprint density at radius 2 is 1.83 bits per heavy atom. The normalized spacial score (nSPS) is 15.7. The SMILES string of the molecule is CCOc1cc([C@@H]2C(C#N)=C(N)Oc3cc4c(cc32)OCO4)cc(Br)c1OCc1ccc(Cl)c(Cl)c1. The highest BCUT2D eigenvalue weighted by Gasteiger charge is 2.34. The number of nitrogens with zero attached hydrogens (tertiary/aromatic N) is 1. The summed E-state index contributed by atoms with van der Waals surface area (Å²) < 4.78 is 29.5. The summed E-state index contributed by atoms with van der Waals surface area (Å²) in [5, 5.41) is 10.9. The van der Waals surface area contributed by atoms with E-state index >= 15 is 0 Å². The lowest BCUT2D eigenvalue weighted by atomic mass is 9.83. The van der Waals surface area contributed by atoms with Gasteiger partial charge in [0, 0.05) is 11.6 Å². The summed E-state index contributed by atoms with van der Waals surface area (Å²) in [6.45, 7) is 2.65. The van der Waals surface area contributed by atoms with E-state index in [2.05, 4.69) is 22.0 Å². The molecule has 2 aliphatic rings. The first-order valence-corrected chi connectivity index (χ1v) is 12.5. The van der Waals surface area contributed by atoms with Crippen LogP contribution < -0.4 is 29.4 Å². The zero-order chi connectivity index (χ0) is 25.4. The van der Waals surface area contributed by atoms with Crippen LogP contribution >= 0.6 is 39.1 Å². The summed E-state index contributed by atoms with van der Waals surface area (Å²) in [4.78, 5) is 0. The first-order valence-electron chi connectivity index (χ1n) is 10.9. The standard InChI is InChI=1S/C26H19BrCl2N2O5/c1-2-32-23-7-14(6-17(27)25(23)33-11-13-3-4-18(28)19(29)5-13)24-15-8-21-22(35-12-34-21)9-20(15)36-26(31)16(24)10-30/h3-9,24H,2,11-12,31H2,1H3/t24-/m0/s1. The van der Waals surface area contributed by atoms with E-state index in [4.69, 9.17) is 52.6 Å². The van der Waals surface area contributed by atoms with Crippen molar-refractivity contribution in [1.82, 2.24) is 0 Å². The van der Waals surface area contributed by atoms with Crippen molar-refractivity contribution in [3.8, 4) is 34.8 Å². The van der Waals surface area contributed by atoms with E-state index in [1.165, 1.54) is 0 Å². The number of fused-ring (bicyclic) bond motifs is 2. The molecule has 0 spiro atoms. The zero-order valence-corrected chi connectivity index (χ0v) is 22.0. The van der Waals surface area contributed by atoms with Crippen molar-refractivity contribution in [1.29, 1.82) is 5.26 Å². The van der Waals surface area contributed by atoms with Crippen LogP contribution in [-0.4, -0.2) is 13.4 Å². The van der Waals surface area contributed by atoms with Crippen LogP contribution in [0.25, 0.3) is 0 Å². The Kier molecular flexibility index (Phi) is 6.80. The minimum absolute atomic E-state index is 0.0305. The van der Waals surface area contributed by atoms with Crippen molar-refractivity contribution >= 4 is 39.1 Å². The summed E-state index contributed by atoms with van der Waals surface area (Å²) in [6, 6.07) is 14.8. The maximum atomic E-state index is 9.95. The predicted molar refractivity (Wildman–Crippen MR) is 138 cm³/mol. The number of ether oxygens (including phenoxy) is 5. The van der Waals surface area contributed by atoms with Gasteiger partial charge in [-0.05, 0) is 64.3 Å². The minimum Gasteiger partial charge on any atom is -0.490 e. The molecular formula is C26H19BrCl2N2O5. The Balaban J connectivity index is 1.55. The molecule has 0 amide bonds. The van der Waals surface area contributed by atoms with Crippen LogP contribution in [0.2, 0.25) is 10.0 Å². The Bertz CT molecular complexity index is 1440. The van der Waals surface area contributed by atoms with Gasteiger partial charge in [-0.1, -0.05) is 29.3 Å². The molecule has 1 atom stereocenters. The third-order valence-electron chi connectivity index (χ3n) is 5.74. The number of nitrogens with two attached hydrogens (primary N) is 1. The third-order valence-corrected chi connectivity index (χ3v) is 7.07. The Morgan fingerprint density at radius 1 is 1.06 bits per heavy atom. The minimum atomic E-state index is -0.520. The van der Waals surface area contributed by atoms with Gasteiger partial charge in [-0.15, -0.1) is 0 Å². The summed E-state index contributed by atoms with van der Waals surface area (Å²) in [7, 11) is 0. The molecule has 3 aromatic carbocycles. The van der Waals surface area contributed by atoms with Gasteiger partial charge in [0.15, 0.2) is 23.0 Å². The van der Waals surface area contributed by atoms with Crippen LogP contribution in [0.3, 0.4) is 0 Å². The fraction of sp³-hybridized carbons (Fsp3) is 0.192. The highest BCUT2D eigenvalue weighted by molar-refractivity contribution is 9.10. The smallest absolute Gasteiger partial charge is 0.231 e. The van der Waals surface area contributed by atoms with E-state index in [-0.39, 0.29) is 24.9 Å². The molecule has 7 nitrogen and oxygen atoms in total. The maximum Gasteiger partial charge on any atom is 0.231 e. The molecule has 2 N–H and O–H groups in total. The highest BCUT2D eigenvalue weighted by Crippen LogP contribution is 2.50. The van der Waals surface area contributed by atoms with Crippen molar-refractivity contribution in [2.24, 2.45) is 5.73 Å². The van der Waals surface area contributed by atoms with Crippen LogP contribution in [0.1, 0.15) is 29.5 Å². The molecule has 10 heteroatoms. The Morgan fingerprint density at radius 3 is 2.56 bits per heavy atom. The topological polar surface area (TPSA) is 96.0 Å². The first kappa shape index (κ1) is 24.4. The molecule has 0 aromatic heterocycles. The molecule has 3 aromatic rings. The van der Waals surface area contributed by atoms with E-state index in [1.54, 1.807) is 18.2 Å². The van der Waals surface area contributed by atoms with E-state index in [0.29, 0.717) is 49.9 Å². The number of halogens is 3. The van der Waals surface area contributed by atoms with Crippen LogP contribution in [0.5, 0.6) is 28.7 Å². The van der Waals surface area contributed by atoms with Crippen LogP contribution in [0.4, 0.5) is 0 Å². The molecule has 2 aliphatic heterocycles. The highest BCUT2D eigenvalue weighted by atomic mass is 79.9. The van der Waals surface area contributed by atoms with Crippen LogP contribution in [-0.2, 0) is 6.61 Å². The number of allylic oxidation sites excluding steroid dienone is 1. The van der Waals surface area contributed by atoms with Gasteiger partial charge in [-0.3, -0.25) is 0 Å². The number of benzene rings is 3. The van der Waals surface area contributed by atoms with Gasteiger partial charge >= 0.3 is 0 Å². The summed E-state index contributed by atoms with van der Waals surface area (Å²) in [5.74, 6) is 2.16. The fourth-order valence-electron chi connectivity index (χ4n) is 4.13. The van der Waals surface area contributed by atoms with E-state index in [0.717, 1.165) is 16.7 Å². The lowest BCUT2D eigenvalue weighted by Gasteiger charge is -2.27. The number of nitriles is 1. The molecular weight excluding hydrogens is 571 g/mol. The summed E-state index contributed by atoms with van der Waals surface area (Å²) in [6.07, 6.45) is 0. The van der Waals surface area contributed by atoms with Gasteiger partial charge in [0.25, 0.3) is 0 Å². The Labute approximate surface area is 226 Å². The average molecular weight is 590 g/mol. The van der Waals surface area contributed by atoms with E-state index in [1.807, 2.05) is 31.2 Å². The van der Waals surface area contributed by atoms with Crippen molar-refractivity contribution in [2.45, 2.75) is 19.4 Å². The molecule has 0 saturated heterocycles. The van der Waals surface area contributed by atoms with Crippen molar-refractivity contribution in [3.63, 3.8) is 0 Å². The molecule has 0 aliphatic carbocycles. The van der Waals surface area contributed by atoms with E-state index in [9.17, 15) is 5.26 Å². The van der Waals surface area contributed by atoms with Gasteiger partial charge in [-0.2, -0.15) is 5.26 Å². The van der Waals surface area contributed by atoms with Crippen molar-refractivity contribution in [2.75, 3.05) is 13.4 Å². The second-order valence-corrected chi connectivity index (χ2v) is 9.64. The second-order valence-electron chi connectivity index (χ2n) is 7.97. The lowest BCUT2D eigenvalue weighted by molar-refractivity contribution is 0.174. The number of hydrogen-bond acceptors (Lipinski definition) is 7. The Hall–Kier alpha value is -3.25. The predicted octanol–water partition coefficient (Wildman–Crippen LogP) is 6.68. The maximum absolute atomic E-state index is 9.95. The zero-order valence-electron chi connectivity index (χ0n) is 18.9. The molecule has 0 fully saturated rings. The lowest BCUT2D eigenvalue weighted by Crippen LogP contribution is -2.21. The fourth-order valence-corrected chi connectivity index (χ4v) is 5.03. The quantitative estimate of drug-likeness (QED) is 0.342. The molecule has 0 radical (unpaired) electrons. The van der Waals surface area contributed by atoms with E-state index < -0.39 is 5.92 Å². The molecule has 0 bridgehead atoms. The molecule has 0 unspecified atom stereocenters. The summed E-state index contributed by atoms with van der Waals surface area (Å²) >= 11 is 15.8. The number of hydrogen-bond donors (Lipinski definition) is 1. The van der Waals surface area contributed by atoms with Gasteiger partial charge in [-0.25, -0.2) is 0 Å². The number of rotatable bonds is 6. The van der Waals surface area contributed by atoms with Crippen molar-refractivity contribution < 1.29 is 23.7 Å². The second kappa shape index (κ2) is 10.0. The van der Waals surface area contributed by atoms with Crippen LogP contribution in [0.15, 0.2) is 58.4 Å². The molecule has 184 valence electrons. The van der Waals surface area contributed by atoms with Crippen molar-refractivity contribution in [3.05, 3.63) is 85.1 Å². The monoisotopic (exact) mass is 588 g/mol. The molecule has 2 heterocycles. The largest absolute Gasteiger partial charge is 0.490 e. The molecule has 5 rings (SSSR count). The first-order chi connectivity index (χ1) is 17.4. The molecule has 36 heavy (non-hydrogen) atoms. The van der Waals surface area contributed by atoms with Gasteiger partial charge < -0.3 is 29.4 Å². The van der Waals surface area contributed by atoms with Gasteiger partial charge in [0.2, 0.25) is 12.7 Å². The third kappa shape index (κ3) is 4.50. The van der Waals surface area contributed by atoms with Gasteiger partial charge in [0.05, 0.1) is 27.0 Å². The summed E-state index contributed by atoms with van der Waals surface area (Å²) in [5.41, 5.74) is 8.76.